The van der Waals surface area contributed by atoms with E-state index in [1.807, 2.05) is 90.1 Å². The zero-order valence-corrected chi connectivity index (χ0v) is 23.4. The smallest absolute Gasteiger partial charge is 0.230 e. The lowest BCUT2D eigenvalue weighted by Gasteiger charge is -2.31. The number of Topliss-reactive ketones (excluding diaryl/α,β-unsaturated/α-hetero) is 2. The fourth-order valence-corrected chi connectivity index (χ4v) is 8.75. The van der Waals surface area contributed by atoms with Gasteiger partial charge in [-0.25, -0.2) is 0 Å². The number of hydrogen-bond donors (Lipinski definition) is 0. The van der Waals surface area contributed by atoms with E-state index in [4.69, 9.17) is 0 Å². The van der Waals surface area contributed by atoms with Crippen molar-refractivity contribution in [1.29, 1.82) is 0 Å². The van der Waals surface area contributed by atoms with Gasteiger partial charge in [-0.2, -0.15) is 0 Å². The predicted octanol–water partition coefficient (Wildman–Crippen LogP) is 6.35. The van der Waals surface area contributed by atoms with E-state index in [9.17, 15) is 18.9 Å². The largest absolute Gasteiger partial charge is 0.305 e. The van der Waals surface area contributed by atoms with Crippen LogP contribution in [0.4, 0.5) is 0 Å². The van der Waals surface area contributed by atoms with Gasteiger partial charge in [0, 0.05) is 27.5 Å². The van der Waals surface area contributed by atoms with Crippen molar-refractivity contribution in [3.05, 3.63) is 95.1 Å². The minimum Gasteiger partial charge on any atom is -0.305 e. The maximum Gasteiger partial charge on any atom is 0.230 e. The molecule has 5 heteroatoms. The molecule has 2 fully saturated rings. The number of fused-ring (bicyclic) bond motifs is 2. The van der Waals surface area contributed by atoms with Crippen molar-refractivity contribution in [2.75, 3.05) is 0 Å². The molecule has 0 radical (unpaired) electrons. The van der Waals surface area contributed by atoms with Gasteiger partial charge in [-0.1, -0.05) is 99.1 Å². The van der Waals surface area contributed by atoms with E-state index in [1.165, 1.54) is 0 Å². The number of hydrogen-bond acceptors (Lipinski definition) is 4. The molecular formula is C32H35O4P. The Bertz CT molecular complexity index is 1360. The van der Waals surface area contributed by atoms with E-state index in [2.05, 4.69) is 0 Å². The van der Waals surface area contributed by atoms with Gasteiger partial charge in [0.25, 0.3) is 0 Å². The van der Waals surface area contributed by atoms with Crippen LogP contribution in [0.15, 0.2) is 72.8 Å². The molecule has 0 N–H and O–H groups in total. The number of carbonyl (C=O) groups excluding carboxylic acids is 3. The van der Waals surface area contributed by atoms with Crippen LogP contribution in [-0.2, 0) is 14.2 Å². The Kier molecular flexibility index (Phi) is 7.03. The Morgan fingerprint density at radius 2 is 1.27 bits per heavy atom. The standard InChI is InChI=1S/C22H21O2P.C10H14O2/c1-16-14-17(2)21(18(3)15-16)22(23)25(24,19-10-6-4-7-11-19)20-12-8-5-9-13-20;1-9(2)6-4-5-10(9,3)8(12)7(6)11/h4-15H,1-3H3;6H,4-5H2,1-3H3. The van der Waals surface area contributed by atoms with Crippen LogP contribution in [0.1, 0.15) is 60.7 Å². The molecule has 37 heavy (non-hydrogen) atoms. The van der Waals surface area contributed by atoms with Crippen LogP contribution in [0, 0.1) is 37.5 Å². The normalized spacial score (nSPS) is 21.9. The third-order valence-electron chi connectivity index (χ3n) is 8.68. The van der Waals surface area contributed by atoms with Crippen molar-refractivity contribution in [2.45, 2.75) is 54.4 Å². The zero-order chi connectivity index (χ0) is 27.2. The monoisotopic (exact) mass is 514 g/mol. The molecule has 2 bridgehead atoms. The quantitative estimate of drug-likeness (QED) is 0.301. The fourth-order valence-electron chi connectivity index (χ4n) is 6.13. The highest BCUT2D eigenvalue weighted by atomic mass is 31.2. The lowest BCUT2D eigenvalue weighted by molar-refractivity contribution is -0.141. The first kappa shape index (κ1) is 26.9. The number of ketones is 2. The summed E-state index contributed by atoms with van der Waals surface area (Å²) >= 11 is 0. The second-order valence-corrected chi connectivity index (χ2v) is 13.9. The van der Waals surface area contributed by atoms with Gasteiger partial charge in [0.2, 0.25) is 24.2 Å². The van der Waals surface area contributed by atoms with Crippen molar-refractivity contribution in [3.8, 4) is 0 Å². The van der Waals surface area contributed by atoms with Gasteiger partial charge in [0.05, 0.1) is 0 Å². The van der Waals surface area contributed by atoms with Crippen molar-refractivity contribution in [1.82, 2.24) is 0 Å². The molecule has 0 heterocycles. The molecule has 192 valence electrons. The van der Waals surface area contributed by atoms with E-state index in [0.29, 0.717) is 16.2 Å². The maximum atomic E-state index is 14.2. The molecule has 0 aliphatic heterocycles. The van der Waals surface area contributed by atoms with Gasteiger partial charge in [-0.05, 0) is 50.2 Å². The fraction of sp³-hybridized carbons (Fsp3) is 0.344. The third kappa shape index (κ3) is 4.26. The topological polar surface area (TPSA) is 68.3 Å². The highest BCUT2D eigenvalue weighted by Crippen LogP contribution is 2.62. The van der Waals surface area contributed by atoms with E-state index in [-0.39, 0.29) is 33.8 Å². The molecule has 2 aliphatic rings. The summed E-state index contributed by atoms with van der Waals surface area (Å²) in [7, 11) is -3.44. The Morgan fingerprint density at radius 3 is 1.62 bits per heavy atom. The van der Waals surface area contributed by atoms with Crippen molar-refractivity contribution in [2.24, 2.45) is 16.7 Å². The summed E-state index contributed by atoms with van der Waals surface area (Å²) in [6.45, 7) is 11.9. The van der Waals surface area contributed by atoms with Gasteiger partial charge < -0.3 is 4.57 Å². The Morgan fingerprint density at radius 1 is 0.811 bits per heavy atom. The number of aryl methyl sites for hydroxylation is 3. The first-order chi connectivity index (χ1) is 17.4. The van der Waals surface area contributed by atoms with E-state index < -0.39 is 7.14 Å². The van der Waals surface area contributed by atoms with Gasteiger partial charge in [-0.15, -0.1) is 0 Å². The van der Waals surface area contributed by atoms with Gasteiger partial charge in [-0.3, -0.25) is 14.4 Å². The van der Waals surface area contributed by atoms with Gasteiger partial charge in [0.15, 0.2) is 0 Å². The molecule has 4 nitrogen and oxygen atoms in total. The first-order valence-corrected chi connectivity index (χ1v) is 14.5. The Hall–Kier alpha value is -3.10. The summed E-state index contributed by atoms with van der Waals surface area (Å²) in [6.07, 6.45) is 1.81. The zero-order valence-electron chi connectivity index (χ0n) is 22.5. The van der Waals surface area contributed by atoms with Gasteiger partial charge in [0.1, 0.15) is 0 Å². The second-order valence-electron chi connectivity index (χ2n) is 11.2. The first-order valence-electron chi connectivity index (χ1n) is 12.8. The highest BCUT2D eigenvalue weighted by Gasteiger charge is 2.66. The summed E-state index contributed by atoms with van der Waals surface area (Å²) in [5, 5.41) is 1.15. The van der Waals surface area contributed by atoms with Crippen LogP contribution in [0.2, 0.25) is 0 Å². The van der Waals surface area contributed by atoms with Gasteiger partial charge >= 0.3 is 0 Å². The van der Waals surface area contributed by atoms with E-state index in [0.717, 1.165) is 29.5 Å². The summed E-state index contributed by atoms with van der Waals surface area (Å²) in [5.74, 6) is -0.229. The summed E-state index contributed by atoms with van der Waals surface area (Å²) in [4.78, 5) is 36.6. The molecule has 0 amide bonds. The van der Waals surface area contributed by atoms with Crippen molar-refractivity contribution >= 4 is 34.8 Å². The molecule has 2 aliphatic carbocycles. The minimum atomic E-state index is -3.44. The molecule has 0 saturated heterocycles. The average Bonchev–Trinajstić information content (AvgIpc) is 3.18. The lowest BCUT2D eigenvalue weighted by Crippen LogP contribution is -2.33. The molecule has 3 aromatic carbocycles. The molecule has 2 atom stereocenters. The minimum absolute atomic E-state index is 0.00926. The van der Waals surface area contributed by atoms with Crippen LogP contribution < -0.4 is 10.6 Å². The SMILES string of the molecule is CC12CCC(C(=O)C1=O)C2(C)C.Cc1cc(C)c(C(=O)P(=O)(c2ccccc2)c2ccccc2)c(C)c1. The van der Waals surface area contributed by atoms with Crippen LogP contribution >= 0.6 is 7.14 Å². The number of carbonyl (C=O) groups is 3. The summed E-state index contributed by atoms with van der Waals surface area (Å²) < 4.78 is 14.2. The summed E-state index contributed by atoms with van der Waals surface area (Å²) in [6, 6.07) is 22.1. The van der Waals surface area contributed by atoms with E-state index in [1.54, 1.807) is 24.3 Å². The highest BCUT2D eigenvalue weighted by molar-refractivity contribution is 7.93. The van der Waals surface area contributed by atoms with Crippen molar-refractivity contribution in [3.63, 3.8) is 0 Å². The summed E-state index contributed by atoms with van der Waals surface area (Å²) in [5.41, 5.74) is 2.67. The van der Waals surface area contributed by atoms with Crippen LogP contribution in [0.25, 0.3) is 0 Å². The molecule has 2 saturated carbocycles. The Balaban J connectivity index is 0.000000222. The van der Waals surface area contributed by atoms with Crippen LogP contribution in [0.5, 0.6) is 0 Å². The molecule has 0 aromatic heterocycles. The van der Waals surface area contributed by atoms with E-state index >= 15 is 0 Å². The van der Waals surface area contributed by atoms with Crippen LogP contribution in [-0.4, -0.2) is 17.1 Å². The average molecular weight is 515 g/mol. The predicted molar refractivity (Wildman–Crippen MR) is 149 cm³/mol. The molecule has 0 spiro atoms. The molecule has 3 aromatic rings. The maximum absolute atomic E-state index is 14.2. The molecule has 5 rings (SSSR count). The van der Waals surface area contributed by atoms with Crippen LogP contribution in [0.3, 0.4) is 0 Å². The second kappa shape index (κ2) is 9.65. The van der Waals surface area contributed by atoms with Crippen molar-refractivity contribution < 1.29 is 18.9 Å². The Labute approximate surface area is 219 Å². The number of rotatable bonds is 4. The third-order valence-corrected chi connectivity index (χ3v) is 11.5. The lowest BCUT2D eigenvalue weighted by atomic mass is 9.70. The molecule has 2 unspecified atom stereocenters. The molecular weight excluding hydrogens is 479 g/mol. The number of benzene rings is 3.